The molecular weight excluding hydrogens is 586 g/mol. The lowest BCUT2D eigenvalue weighted by Gasteiger charge is -2.11. The van der Waals surface area contributed by atoms with E-state index >= 15 is 0 Å². The second-order valence-corrected chi connectivity index (χ2v) is 11.8. The zero-order valence-electron chi connectivity index (χ0n) is 24.5. The third kappa shape index (κ3) is 4.42. The van der Waals surface area contributed by atoms with Crippen LogP contribution < -0.4 is 0 Å². The first-order chi connectivity index (χ1) is 22.7. The fourth-order valence-corrected chi connectivity index (χ4v) is 6.59. The van der Waals surface area contributed by atoms with E-state index in [1.54, 1.807) is 0 Å². The van der Waals surface area contributed by atoms with E-state index in [1.807, 2.05) is 66.7 Å². The lowest BCUT2D eigenvalue weighted by molar-refractivity contribution is 0.672. The van der Waals surface area contributed by atoms with Crippen LogP contribution in [-0.2, 0) is 0 Å². The Labute approximate surface area is 269 Å². The van der Waals surface area contributed by atoms with Crippen molar-refractivity contribution in [2.24, 2.45) is 0 Å². The number of halogens is 1. The molecule has 0 unspecified atom stereocenters. The zero-order chi connectivity index (χ0) is 30.6. The van der Waals surface area contributed by atoms with Crippen molar-refractivity contribution in [3.05, 3.63) is 151 Å². The van der Waals surface area contributed by atoms with Gasteiger partial charge in [-0.15, -0.1) is 0 Å². The van der Waals surface area contributed by atoms with Gasteiger partial charge in [-0.1, -0.05) is 127 Å². The summed E-state index contributed by atoms with van der Waals surface area (Å²) in [6, 6.07) is 49.5. The molecule has 0 spiro atoms. The maximum absolute atomic E-state index is 6.73. The number of hydrogen-bond donors (Lipinski definition) is 0. The molecule has 0 aliphatic carbocycles. The molecule has 0 amide bonds. The molecule has 0 atom stereocenters. The molecule has 9 aromatic rings. The van der Waals surface area contributed by atoms with Crippen LogP contribution in [0.1, 0.15) is 0 Å². The molecule has 0 aliphatic heterocycles. The van der Waals surface area contributed by atoms with Crippen LogP contribution in [0.3, 0.4) is 0 Å². The summed E-state index contributed by atoms with van der Waals surface area (Å²) in [7, 11) is 0. The molecule has 5 heteroatoms. The van der Waals surface area contributed by atoms with Crippen LogP contribution in [-0.4, -0.2) is 15.0 Å². The quantitative estimate of drug-likeness (QED) is 0.199. The predicted octanol–water partition coefficient (Wildman–Crippen LogP) is 11.4. The number of furan rings is 1. The third-order valence-electron chi connectivity index (χ3n) is 8.57. The first-order valence-electron chi connectivity index (χ1n) is 15.1. The lowest BCUT2D eigenvalue weighted by atomic mass is 9.99. The molecule has 0 N–H and O–H groups in total. The normalized spacial score (nSPS) is 11.6. The number of aromatic nitrogens is 3. The average molecular weight is 610 g/mol. The number of rotatable bonds is 4. The van der Waals surface area contributed by atoms with Gasteiger partial charge >= 0.3 is 0 Å². The Kier molecular flexibility index (Phi) is 6.15. The summed E-state index contributed by atoms with van der Waals surface area (Å²) in [6.07, 6.45) is 0. The van der Waals surface area contributed by atoms with Gasteiger partial charge < -0.3 is 4.42 Å². The van der Waals surface area contributed by atoms with Crippen LogP contribution in [0.4, 0.5) is 0 Å². The first-order valence-corrected chi connectivity index (χ1v) is 15.5. The molecule has 2 heterocycles. The molecule has 2 aromatic heterocycles. The highest BCUT2D eigenvalue weighted by molar-refractivity contribution is 6.38. The van der Waals surface area contributed by atoms with Crippen molar-refractivity contribution >= 4 is 55.1 Å². The second kappa shape index (κ2) is 10.7. The minimum absolute atomic E-state index is 0.586. The summed E-state index contributed by atoms with van der Waals surface area (Å²) in [4.78, 5) is 15.2. The van der Waals surface area contributed by atoms with Gasteiger partial charge in [-0.3, -0.25) is 0 Å². The van der Waals surface area contributed by atoms with Crippen LogP contribution >= 0.6 is 11.6 Å². The fourth-order valence-electron chi connectivity index (χ4n) is 6.33. The van der Waals surface area contributed by atoms with E-state index in [-0.39, 0.29) is 0 Å². The van der Waals surface area contributed by atoms with Crippen molar-refractivity contribution in [3.63, 3.8) is 0 Å². The summed E-state index contributed by atoms with van der Waals surface area (Å²) in [5.74, 6) is 1.81. The molecule has 0 fully saturated rings. The van der Waals surface area contributed by atoms with E-state index in [0.717, 1.165) is 60.2 Å². The van der Waals surface area contributed by atoms with Gasteiger partial charge in [0.05, 0.1) is 5.02 Å². The van der Waals surface area contributed by atoms with Crippen molar-refractivity contribution in [2.75, 3.05) is 0 Å². The highest BCUT2D eigenvalue weighted by Crippen LogP contribution is 2.41. The highest BCUT2D eigenvalue weighted by atomic mass is 35.5. The molecule has 0 radical (unpaired) electrons. The van der Waals surface area contributed by atoms with Crippen molar-refractivity contribution in [2.45, 2.75) is 0 Å². The summed E-state index contributed by atoms with van der Waals surface area (Å²) < 4.78 is 6.36. The largest absolute Gasteiger partial charge is 0.455 e. The van der Waals surface area contributed by atoms with E-state index in [2.05, 4.69) is 78.9 Å². The molecule has 46 heavy (non-hydrogen) atoms. The fraction of sp³-hybridized carbons (Fsp3) is 0. The Balaban J connectivity index is 1.27. The van der Waals surface area contributed by atoms with E-state index < -0.39 is 0 Å². The number of benzene rings is 7. The molecular formula is C41H24ClN3O. The van der Waals surface area contributed by atoms with Crippen molar-refractivity contribution in [3.8, 4) is 45.3 Å². The predicted molar refractivity (Wildman–Crippen MR) is 189 cm³/mol. The summed E-state index contributed by atoms with van der Waals surface area (Å²) in [6.45, 7) is 0. The molecule has 0 saturated heterocycles. The van der Waals surface area contributed by atoms with Gasteiger partial charge in [-0.05, 0) is 57.6 Å². The number of hydrogen-bond acceptors (Lipinski definition) is 4. The standard InChI is InChI=1S/C41H24ClN3O/c42-35-16-9-17-36-37(35)34-24-33(31-14-7-8-15-32(31)38(34)46-36)41-44-39(26-12-5-2-6-13-26)43-40(45-41)30-21-20-28-22-27(18-19-29(28)23-30)25-10-3-1-4-11-25/h1-24H. The maximum atomic E-state index is 6.73. The van der Waals surface area contributed by atoms with Crippen LogP contribution in [0.5, 0.6) is 0 Å². The number of nitrogens with zero attached hydrogens (tertiary/aromatic N) is 3. The van der Waals surface area contributed by atoms with E-state index in [4.69, 9.17) is 31.0 Å². The summed E-state index contributed by atoms with van der Waals surface area (Å²) in [5, 5.41) is 6.70. The Morgan fingerprint density at radius 2 is 1.04 bits per heavy atom. The molecule has 7 aromatic carbocycles. The Hall–Kier alpha value is -5.84. The van der Waals surface area contributed by atoms with E-state index in [1.165, 1.54) is 11.1 Å². The maximum Gasteiger partial charge on any atom is 0.164 e. The molecule has 216 valence electrons. The Bertz CT molecular complexity index is 2590. The van der Waals surface area contributed by atoms with E-state index in [0.29, 0.717) is 22.5 Å². The number of fused-ring (bicyclic) bond motifs is 6. The monoisotopic (exact) mass is 609 g/mol. The van der Waals surface area contributed by atoms with Gasteiger partial charge in [0, 0.05) is 32.8 Å². The minimum atomic E-state index is 0.586. The Morgan fingerprint density at radius 1 is 0.435 bits per heavy atom. The molecule has 0 bridgehead atoms. The smallest absolute Gasteiger partial charge is 0.164 e. The molecule has 0 saturated carbocycles. The van der Waals surface area contributed by atoms with Gasteiger partial charge in [0.2, 0.25) is 0 Å². The minimum Gasteiger partial charge on any atom is -0.455 e. The average Bonchev–Trinajstić information content (AvgIpc) is 3.51. The van der Waals surface area contributed by atoms with Gasteiger partial charge in [0.1, 0.15) is 11.2 Å². The van der Waals surface area contributed by atoms with Crippen molar-refractivity contribution in [1.29, 1.82) is 0 Å². The van der Waals surface area contributed by atoms with Crippen LogP contribution in [0.2, 0.25) is 5.02 Å². The third-order valence-corrected chi connectivity index (χ3v) is 8.88. The lowest BCUT2D eigenvalue weighted by Crippen LogP contribution is -2.00. The molecule has 9 rings (SSSR count). The van der Waals surface area contributed by atoms with Crippen molar-refractivity contribution in [1.82, 2.24) is 15.0 Å². The van der Waals surface area contributed by atoms with Crippen molar-refractivity contribution < 1.29 is 4.42 Å². The van der Waals surface area contributed by atoms with Crippen LogP contribution in [0.25, 0.3) is 88.8 Å². The van der Waals surface area contributed by atoms with Gasteiger partial charge in [0.15, 0.2) is 17.5 Å². The summed E-state index contributed by atoms with van der Waals surface area (Å²) >= 11 is 6.73. The summed E-state index contributed by atoms with van der Waals surface area (Å²) in [5.41, 5.74) is 6.65. The second-order valence-electron chi connectivity index (χ2n) is 11.4. The Morgan fingerprint density at radius 3 is 1.80 bits per heavy atom. The van der Waals surface area contributed by atoms with E-state index in [9.17, 15) is 0 Å². The highest BCUT2D eigenvalue weighted by Gasteiger charge is 2.20. The molecule has 0 aliphatic rings. The topological polar surface area (TPSA) is 51.8 Å². The SMILES string of the molecule is Clc1cccc2oc3c4ccccc4c(-c4nc(-c5ccccc5)nc(-c5ccc6cc(-c7ccccc7)ccc6c5)n4)cc3c12. The van der Waals surface area contributed by atoms with Gasteiger partial charge in [-0.2, -0.15) is 0 Å². The van der Waals surface area contributed by atoms with Crippen LogP contribution in [0.15, 0.2) is 150 Å². The zero-order valence-corrected chi connectivity index (χ0v) is 25.2. The van der Waals surface area contributed by atoms with Crippen LogP contribution in [0, 0.1) is 0 Å². The van der Waals surface area contributed by atoms with Gasteiger partial charge in [-0.25, -0.2) is 15.0 Å². The first kappa shape index (κ1) is 26.6. The van der Waals surface area contributed by atoms with Gasteiger partial charge in [0.25, 0.3) is 0 Å². The molecule has 4 nitrogen and oxygen atoms in total.